The molecule has 0 fully saturated rings. The van der Waals surface area contributed by atoms with E-state index >= 15 is 0 Å². The van der Waals surface area contributed by atoms with Crippen molar-refractivity contribution < 1.29 is 14.3 Å². The Labute approximate surface area is 83.8 Å². The number of unbranched alkanes of at least 4 members (excludes halogenated alkanes) is 1. The number of hydrogen-bond donors (Lipinski definition) is 1. The quantitative estimate of drug-likeness (QED) is 0.368. The van der Waals surface area contributed by atoms with Gasteiger partial charge in [0.1, 0.15) is 0 Å². The van der Waals surface area contributed by atoms with E-state index in [4.69, 9.17) is 15.7 Å². The van der Waals surface area contributed by atoms with Gasteiger partial charge in [0.05, 0.1) is 6.61 Å². The molecule has 0 radical (unpaired) electrons. The molecule has 0 aromatic rings. The van der Waals surface area contributed by atoms with Crippen LogP contribution in [0.2, 0.25) is 0 Å². The molecule has 0 saturated carbocycles. The Bertz CT molecular complexity index is 201. The normalized spacial score (nSPS) is 11.5. The lowest BCUT2D eigenvalue weighted by Crippen LogP contribution is -2.25. The Morgan fingerprint density at radius 2 is 2.29 bits per heavy atom. The summed E-state index contributed by atoms with van der Waals surface area (Å²) in [5.74, 6) is -0.480. The van der Waals surface area contributed by atoms with Crippen LogP contribution in [0.25, 0.3) is 0 Å². The van der Waals surface area contributed by atoms with Crippen LogP contribution in [0.1, 0.15) is 26.2 Å². The molecule has 1 unspecified atom stereocenters. The Balaban J connectivity index is 3.88. The zero-order chi connectivity index (χ0) is 10.8. The van der Waals surface area contributed by atoms with Crippen molar-refractivity contribution in [2.75, 3.05) is 13.2 Å². The molecule has 5 heteroatoms. The third-order valence-corrected chi connectivity index (χ3v) is 1.66. The van der Waals surface area contributed by atoms with Crippen LogP contribution in [0.15, 0.2) is 0 Å². The van der Waals surface area contributed by atoms with Crippen molar-refractivity contribution in [3.05, 3.63) is 0 Å². The van der Waals surface area contributed by atoms with E-state index in [9.17, 15) is 4.79 Å². The average molecular weight is 200 g/mol. The maximum absolute atomic E-state index is 11.2. The van der Waals surface area contributed by atoms with E-state index < -0.39 is 12.1 Å². The third-order valence-electron chi connectivity index (χ3n) is 1.66. The predicted molar refractivity (Wildman–Crippen MR) is 50.0 cm³/mol. The maximum Gasteiger partial charge on any atom is 0.348 e. The molecule has 0 amide bonds. The first kappa shape index (κ1) is 12.7. The lowest BCUT2D eigenvalue weighted by atomic mass is 10.1. The number of nitrogens with two attached hydrogens (primary N) is 1. The summed E-state index contributed by atoms with van der Waals surface area (Å²) in [7, 11) is 0. The first-order valence-electron chi connectivity index (χ1n) is 4.67. The van der Waals surface area contributed by atoms with Crippen LogP contribution in [0.4, 0.5) is 0 Å². The van der Waals surface area contributed by atoms with E-state index in [0.29, 0.717) is 19.6 Å². The van der Waals surface area contributed by atoms with Gasteiger partial charge in [-0.25, -0.2) is 4.79 Å². The summed E-state index contributed by atoms with van der Waals surface area (Å²) in [4.78, 5) is 11.2. The van der Waals surface area contributed by atoms with Crippen molar-refractivity contribution >= 4 is 5.97 Å². The van der Waals surface area contributed by atoms with E-state index in [2.05, 4.69) is 4.74 Å². The Hall–Kier alpha value is -1.28. The second-order valence-corrected chi connectivity index (χ2v) is 2.73. The van der Waals surface area contributed by atoms with Gasteiger partial charge >= 0.3 is 5.97 Å². The molecule has 0 aliphatic carbocycles. The fourth-order valence-electron chi connectivity index (χ4n) is 0.998. The van der Waals surface area contributed by atoms with Crippen LogP contribution in [-0.4, -0.2) is 25.2 Å². The standard InChI is InChI=1S/C9H16N2O3/c1-2-13-9(12)8(14-7-11)5-3-4-6-10/h8H,2-6,10H2,1H3. The predicted octanol–water partition coefficient (Wildman–Crippen LogP) is 0.545. The van der Waals surface area contributed by atoms with Gasteiger partial charge in [-0.15, -0.1) is 0 Å². The molecule has 5 nitrogen and oxygen atoms in total. The number of rotatable bonds is 7. The Morgan fingerprint density at radius 1 is 1.57 bits per heavy atom. The SMILES string of the molecule is CCOC(=O)C(CCCCN)OC#N. The van der Waals surface area contributed by atoms with Crippen LogP contribution >= 0.6 is 0 Å². The first-order chi connectivity index (χ1) is 6.76. The van der Waals surface area contributed by atoms with Crippen molar-refractivity contribution in [1.29, 1.82) is 5.26 Å². The van der Waals surface area contributed by atoms with E-state index in [0.717, 1.165) is 12.8 Å². The van der Waals surface area contributed by atoms with Gasteiger partial charge < -0.3 is 15.2 Å². The lowest BCUT2D eigenvalue weighted by Gasteiger charge is -2.11. The van der Waals surface area contributed by atoms with Gasteiger partial charge in [-0.3, -0.25) is 0 Å². The van der Waals surface area contributed by atoms with Crippen LogP contribution in [0.3, 0.4) is 0 Å². The van der Waals surface area contributed by atoms with E-state index in [1.807, 2.05) is 0 Å². The van der Waals surface area contributed by atoms with Crippen molar-refractivity contribution in [2.45, 2.75) is 32.3 Å². The molecule has 1 atom stereocenters. The number of nitrogens with zero attached hydrogens (tertiary/aromatic N) is 1. The van der Waals surface area contributed by atoms with Gasteiger partial charge in [-0.2, -0.15) is 5.26 Å². The summed E-state index contributed by atoms with van der Waals surface area (Å²) < 4.78 is 9.33. The second kappa shape index (κ2) is 8.32. The minimum absolute atomic E-state index is 0.293. The van der Waals surface area contributed by atoms with Gasteiger partial charge in [0.25, 0.3) is 6.26 Å². The average Bonchev–Trinajstić information content (AvgIpc) is 2.17. The van der Waals surface area contributed by atoms with E-state index in [1.165, 1.54) is 6.26 Å². The zero-order valence-corrected chi connectivity index (χ0v) is 8.36. The Morgan fingerprint density at radius 3 is 2.79 bits per heavy atom. The summed E-state index contributed by atoms with van der Waals surface area (Å²) in [5.41, 5.74) is 5.30. The van der Waals surface area contributed by atoms with E-state index in [1.54, 1.807) is 6.92 Å². The molecule has 0 aromatic carbocycles. The highest BCUT2D eigenvalue weighted by Crippen LogP contribution is 2.06. The highest BCUT2D eigenvalue weighted by Gasteiger charge is 2.20. The molecule has 0 spiro atoms. The van der Waals surface area contributed by atoms with Crippen molar-refractivity contribution in [3.8, 4) is 6.26 Å². The molecule has 0 bridgehead atoms. The smallest absolute Gasteiger partial charge is 0.348 e. The number of carbonyl (C=O) groups excluding carboxylic acids is 1. The lowest BCUT2D eigenvalue weighted by molar-refractivity contribution is -0.153. The molecule has 0 aliphatic heterocycles. The molecular weight excluding hydrogens is 184 g/mol. The molecule has 0 aliphatic rings. The number of ether oxygens (including phenoxy) is 2. The molecular formula is C9H16N2O3. The fraction of sp³-hybridized carbons (Fsp3) is 0.778. The van der Waals surface area contributed by atoms with Gasteiger partial charge in [0, 0.05) is 0 Å². The number of nitriles is 1. The number of carbonyl (C=O) groups is 1. The minimum atomic E-state index is -0.772. The summed E-state index contributed by atoms with van der Waals surface area (Å²) in [6.07, 6.45) is 2.77. The van der Waals surface area contributed by atoms with E-state index in [-0.39, 0.29) is 0 Å². The molecule has 80 valence electrons. The molecule has 0 aromatic heterocycles. The van der Waals surface area contributed by atoms with Gasteiger partial charge in [0.2, 0.25) is 6.10 Å². The van der Waals surface area contributed by atoms with Crippen LogP contribution in [-0.2, 0) is 14.3 Å². The second-order valence-electron chi connectivity index (χ2n) is 2.73. The zero-order valence-electron chi connectivity index (χ0n) is 8.36. The van der Waals surface area contributed by atoms with Crippen LogP contribution < -0.4 is 5.73 Å². The van der Waals surface area contributed by atoms with Crippen molar-refractivity contribution in [1.82, 2.24) is 0 Å². The van der Waals surface area contributed by atoms with Crippen molar-refractivity contribution in [3.63, 3.8) is 0 Å². The topological polar surface area (TPSA) is 85.3 Å². The highest BCUT2D eigenvalue weighted by molar-refractivity contribution is 5.74. The molecule has 0 saturated heterocycles. The summed E-state index contributed by atoms with van der Waals surface area (Å²) >= 11 is 0. The van der Waals surface area contributed by atoms with Crippen molar-refractivity contribution in [2.24, 2.45) is 5.73 Å². The van der Waals surface area contributed by atoms with Gasteiger partial charge in [-0.1, -0.05) is 0 Å². The number of hydrogen-bond acceptors (Lipinski definition) is 5. The monoisotopic (exact) mass is 200 g/mol. The summed E-state index contributed by atoms with van der Waals surface area (Å²) in [6, 6.07) is 0. The largest absolute Gasteiger partial charge is 0.463 e. The highest BCUT2D eigenvalue weighted by atomic mass is 16.6. The summed E-state index contributed by atoms with van der Waals surface area (Å²) in [6.45, 7) is 2.57. The fourth-order valence-corrected chi connectivity index (χ4v) is 0.998. The maximum atomic E-state index is 11.2. The van der Waals surface area contributed by atoms with Crippen LogP contribution in [0, 0.1) is 11.5 Å². The van der Waals surface area contributed by atoms with Crippen LogP contribution in [0.5, 0.6) is 0 Å². The molecule has 0 rings (SSSR count). The third kappa shape index (κ3) is 5.38. The first-order valence-corrected chi connectivity index (χ1v) is 4.67. The Kier molecular flexibility index (Phi) is 7.56. The summed E-state index contributed by atoms with van der Waals surface area (Å²) in [5, 5.41) is 8.31. The minimum Gasteiger partial charge on any atom is -0.463 e. The molecule has 14 heavy (non-hydrogen) atoms. The number of esters is 1. The van der Waals surface area contributed by atoms with Gasteiger partial charge in [0.15, 0.2) is 0 Å². The van der Waals surface area contributed by atoms with Gasteiger partial charge in [-0.05, 0) is 32.7 Å². The molecule has 0 heterocycles. The molecule has 2 N–H and O–H groups in total.